The smallest absolute Gasteiger partial charge is 0.360 e. The number of hydrogen-bond donors (Lipinski definition) is 1. The maximum absolute atomic E-state index is 11.4. The van der Waals surface area contributed by atoms with Gasteiger partial charge < -0.3 is 14.6 Å². The van der Waals surface area contributed by atoms with Gasteiger partial charge in [-0.15, -0.1) is 0 Å². The van der Waals surface area contributed by atoms with Crippen LogP contribution in [0, 0.1) is 6.92 Å². The molecule has 0 aromatic carbocycles. The minimum absolute atomic E-state index is 0.378. The lowest BCUT2D eigenvalue weighted by atomic mass is 10.3. The highest BCUT2D eigenvalue weighted by Crippen LogP contribution is 2.22. The maximum Gasteiger partial charge on any atom is 0.360 e. The van der Waals surface area contributed by atoms with E-state index < -0.39 is 0 Å². The van der Waals surface area contributed by atoms with Crippen LogP contribution in [-0.2, 0) is 11.3 Å². The molecular formula is C9H13N3O2. The second-order valence-corrected chi connectivity index (χ2v) is 3.28. The van der Waals surface area contributed by atoms with E-state index >= 15 is 0 Å². The number of fused-ring (bicyclic) bond motifs is 1. The molecule has 5 nitrogen and oxygen atoms in total. The van der Waals surface area contributed by atoms with E-state index in [4.69, 9.17) is 0 Å². The first-order valence-electron chi connectivity index (χ1n) is 4.63. The zero-order valence-corrected chi connectivity index (χ0v) is 8.33. The van der Waals surface area contributed by atoms with Gasteiger partial charge >= 0.3 is 5.97 Å². The van der Waals surface area contributed by atoms with Gasteiger partial charge in [-0.25, -0.2) is 9.78 Å². The largest absolute Gasteiger partial charge is 0.464 e. The third kappa shape index (κ3) is 1.25. The van der Waals surface area contributed by atoms with Crippen molar-refractivity contribution in [1.82, 2.24) is 9.55 Å². The molecule has 2 heterocycles. The van der Waals surface area contributed by atoms with Crippen LogP contribution in [0.1, 0.15) is 22.7 Å². The minimum Gasteiger partial charge on any atom is -0.464 e. The fourth-order valence-electron chi connectivity index (χ4n) is 1.70. The Hall–Kier alpha value is -1.52. The van der Waals surface area contributed by atoms with Crippen LogP contribution in [0.2, 0.25) is 0 Å². The molecule has 0 bridgehead atoms. The Kier molecular flexibility index (Phi) is 2.15. The Labute approximate surface area is 82.1 Å². The number of esters is 1. The van der Waals surface area contributed by atoms with E-state index in [-0.39, 0.29) is 5.97 Å². The van der Waals surface area contributed by atoms with Crippen molar-refractivity contribution in [3.8, 4) is 0 Å². The van der Waals surface area contributed by atoms with Gasteiger partial charge in [0.1, 0.15) is 11.6 Å². The third-order valence-corrected chi connectivity index (χ3v) is 2.39. The normalized spacial score (nSPS) is 14.4. The van der Waals surface area contributed by atoms with Gasteiger partial charge in [-0.3, -0.25) is 0 Å². The van der Waals surface area contributed by atoms with E-state index in [1.165, 1.54) is 7.11 Å². The average molecular weight is 195 g/mol. The predicted octanol–water partition coefficient (Wildman–Crippen LogP) is 0.794. The Morgan fingerprint density at radius 1 is 1.64 bits per heavy atom. The van der Waals surface area contributed by atoms with Crippen molar-refractivity contribution in [3.05, 3.63) is 11.5 Å². The summed E-state index contributed by atoms with van der Waals surface area (Å²) >= 11 is 0. The van der Waals surface area contributed by atoms with Crippen LogP contribution in [-0.4, -0.2) is 29.2 Å². The van der Waals surface area contributed by atoms with Crippen molar-refractivity contribution >= 4 is 11.8 Å². The first kappa shape index (κ1) is 9.05. The summed E-state index contributed by atoms with van der Waals surface area (Å²) in [5.41, 5.74) is 0.393. The first-order chi connectivity index (χ1) is 6.74. The molecule has 0 spiro atoms. The second-order valence-electron chi connectivity index (χ2n) is 3.28. The molecule has 1 aromatic heterocycles. The lowest BCUT2D eigenvalue weighted by Gasteiger charge is -2.17. The molecule has 1 N–H and O–H groups in total. The zero-order chi connectivity index (χ0) is 10.1. The summed E-state index contributed by atoms with van der Waals surface area (Å²) in [7, 11) is 1.37. The lowest BCUT2D eigenvalue weighted by Crippen LogP contribution is -2.19. The minimum atomic E-state index is -0.378. The molecule has 0 saturated carbocycles. The monoisotopic (exact) mass is 195 g/mol. The Morgan fingerprint density at radius 3 is 3.14 bits per heavy atom. The molecular weight excluding hydrogens is 182 g/mol. The number of imidazole rings is 1. The number of hydrogen-bond acceptors (Lipinski definition) is 4. The van der Waals surface area contributed by atoms with Crippen molar-refractivity contribution in [2.75, 3.05) is 19.0 Å². The lowest BCUT2D eigenvalue weighted by molar-refractivity contribution is 0.0595. The fraction of sp³-hybridized carbons (Fsp3) is 0.556. The molecule has 0 amide bonds. The molecule has 0 atom stereocenters. The molecule has 0 saturated heterocycles. The van der Waals surface area contributed by atoms with Crippen LogP contribution in [0.3, 0.4) is 0 Å². The van der Waals surface area contributed by atoms with Crippen LogP contribution in [0.15, 0.2) is 0 Å². The standard InChI is InChI=1S/C9H13N3O2/c1-6-11-7(9(13)14-2)8-10-4-3-5-12(6)8/h10H,3-5H2,1-2H3. The van der Waals surface area contributed by atoms with Crippen LogP contribution >= 0.6 is 0 Å². The fourth-order valence-corrected chi connectivity index (χ4v) is 1.70. The summed E-state index contributed by atoms with van der Waals surface area (Å²) in [5.74, 6) is 1.27. The van der Waals surface area contributed by atoms with Crippen molar-refractivity contribution in [2.45, 2.75) is 19.9 Å². The number of aryl methyl sites for hydroxylation is 1. The number of rotatable bonds is 1. The number of ether oxygens (including phenoxy) is 1. The summed E-state index contributed by atoms with van der Waals surface area (Å²) in [5, 5.41) is 3.17. The molecule has 0 radical (unpaired) electrons. The summed E-state index contributed by atoms with van der Waals surface area (Å²) in [4.78, 5) is 15.5. The average Bonchev–Trinajstić information content (AvgIpc) is 2.56. The highest BCUT2D eigenvalue weighted by Gasteiger charge is 2.22. The predicted molar refractivity (Wildman–Crippen MR) is 51.4 cm³/mol. The molecule has 0 aliphatic carbocycles. The van der Waals surface area contributed by atoms with Crippen LogP contribution < -0.4 is 5.32 Å². The highest BCUT2D eigenvalue weighted by atomic mass is 16.5. The number of nitrogens with one attached hydrogen (secondary N) is 1. The second kappa shape index (κ2) is 3.32. The molecule has 2 rings (SSSR count). The number of carbonyl (C=O) groups is 1. The number of anilines is 1. The molecule has 14 heavy (non-hydrogen) atoms. The Bertz CT molecular complexity index is 370. The van der Waals surface area contributed by atoms with Crippen molar-refractivity contribution in [3.63, 3.8) is 0 Å². The summed E-state index contributed by atoms with van der Waals surface area (Å²) < 4.78 is 6.67. The Morgan fingerprint density at radius 2 is 2.43 bits per heavy atom. The van der Waals surface area contributed by atoms with E-state index in [0.29, 0.717) is 5.69 Å². The zero-order valence-electron chi connectivity index (χ0n) is 8.33. The Balaban J connectivity index is 2.46. The third-order valence-electron chi connectivity index (χ3n) is 2.39. The quantitative estimate of drug-likeness (QED) is 0.673. The maximum atomic E-state index is 11.4. The highest BCUT2D eigenvalue weighted by molar-refractivity contribution is 5.92. The van der Waals surface area contributed by atoms with Gasteiger partial charge in [0.05, 0.1) is 7.11 Å². The molecule has 5 heteroatoms. The van der Waals surface area contributed by atoms with E-state index in [1.807, 2.05) is 11.5 Å². The van der Waals surface area contributed by atoms with Gasteiger partial charge in [0.15, 0.2) is 5.69 Å². The van der Waals surface area contributed by atoms with E-state index in [2.05, 4.69) is 15.0 Å². The van der Waals surface area contributed by atoms with Crippen molar-refractivity contribution < 1.29 is 9.53 Å². The van der Waals surface area contributed by atoms with Gasteiger partial charge in [-0.05, 0) is 13.3 Å². The van der Waals surface area contributed by atoms with Crippen LogP contribution in [0.25, 0.3) is 0 Å². The number of carbonyl (C=O) groups excluding carboxylic acids is 1. The topological polar surface area (TPSA) is 56.1 Å². The summed E-state index contributed by atoms with van der Waals surface area (Å²) in [6.45, 7) is 3.69. The molecule has 0 unspecified atom stereocenters. The number of methoxy groups -OCH3 is 1. The van der Waals surface area contributed by atoms with Crippen molar-refractivity contribution in [1.29, 1.82) is 0 Å². The van der Waals surface area contributed by atoms with Gasteiger partial charge in [-0.2, -0.15) is 0 Å². The summed E-state index contributed by atoms with van der Waals surface area (Å²) in [6.07, 6.45) is 1.06. The van der Waals surface area contributed by atoms with E-state index in [1.54, 1.807) is 0 Å². The van der Waals surface area contributed by atoms with E-state index in [9.17, 15) is 4.79 Å². The summed E-state index contributed by atoms with van der Waals surface area (Å²) in [6, 6.07) is 0. The molecule has 1 aliphatic rings. The van der Waals surface area contributed by atoms with Crippen molar-refractivity contribution in [2.24, 2.45) is 0 Å². The molecule has 1 aliphatic heterocycles. The van der Waals surface area contributed by atoms with Gasteiger partial charge in [0.25, 0.3) is 0 Å². The van der Waals surface area contributed by atoms with Gasteiger partial charge in [0.2, 0.25) is 0 Å². The molecule has 76 valence electrons. The van der Waals surface area contributed by atoms with Gasteiger partial charge in [0, 0.05) is 13.1 Å². The van der Waals surface area contributed by atoms with E-state index in [0.717, 1.165) is 31.2 Å². The SMILES string of the molecule is COC(=O)c1nc(C)n2c1NCCC2. The van der Waals surface area contributed by atoms with Crippen LogP contribution in [0.4, 0.5) is 5.82 Å². The van der Waals surface area contributed by atoms with Crippen LogP contribution in [0.5, 0.6) is 0 Å². The number of nitrogens with zero attached hydrogens (tertiary/aromatic N) is 2. The number of aromatic nitrogens is 2. The molecule has 0 fully saturated rings. The van der Waals surface area contributed by atoms with Gasteiger partial charge in [-0.1, -0.05) is 0 Å². The first-order valence-corrected chi connectivity index (χ1v) is 4.63. The molecule has 1 aromatic rings.